The van der Waals surface area contributed by atoms with Gasteiger partial charge in [-0.3, -0.25) is 9.59 Å². The maximum Gasteiger partial charge on any atom is 0.267 e. The average molecular weight is 169 g/mol. The van der Waals surface area contributed by atoms with Crippen molar-refractivity contribution in [3.63, 3.8) is 0 Å². The van der Waals surface area contributed by atoms with Crippen LogP contribution in [0.3, 0.4) is 0 Å². The molecule has 0 radical (unpaired) electrons. The van der Waals surface area contributed by atoms with Crippen LogP contribution < -0.4 is 5.32 Å². The van der Waals surface area contributed by atoms with E-state index in [1.54, 1.807) is 14.1 Å². The monoisotopic (exact) mass is 169 g/mol. The molecule has 12 heavy (non-hydrogen) atoms. The largest absolute Gasteiger partial charge is 0.354 e. The van der Waals surface area contributed by atoms with Crippen LogP contribution in [0.4, 0.5) is 0 Å². The van der Waals surface area contributed by atoms with Gasteiger partial charge in [-0.15, -0.1) is 0 Å². The average Bonchev–Trinajstić information content (AvgIpc) is 2.08. The van der Waals surface area contributed by atoms with Gasteiger partial charge < -0.3 is 5.32 Å². The summed E-state index contributed by atoms with van der Waals surface area (Å²) in [5.41, 5.74) is 0.416. The molecule has 0 saturated carbocycles. The molecule has 5 nitrogen and oxygen atoms in total. The first kappa shape index (κ1) is 8.70. The van der Waals surface area contributed by atoms with Gasteiger partial charge in [0.25, 0.3) is 5.91 Å². The number of carbonyl (C=O) groups excluding carboxylic acids is 2. The van der Waals surface area contributed by atoms with E-state index in [1.165, 1.54) is 5.01 Å². The highest BCUT2D eigenvalue weighted by molar-refractivity contribution is 6.39. The van der Waals surface area contributed by atoms with Crippen molar-refractivity contribution in [3.05, 3.63) is 0 Å². The first-order valence-electron chi connectivity index (χ1n) is 3.71. The zero-order valence-electron chi connectivity index (χ0n) is 7.13. The van der Waals surface area contributed by atoms with E-state index in [9.17, 15) is 9.59 Å². The second kappa shape index (κ2) is 3.34. The van der Waals surface area contributed by atoms with Crippen molar-refractivity contribution >= 4 is 17.5 Å². The quantitative estimate of drug-likeness (QED) is 0.566. The van der Waals surface area contributed by atoms with Crippen LogP contribution in [0.15, 0.2) is 5.10 Å². The summed E-state index contributed by atoms with van der Waals surface area (Å²) in [6.07, 6.45) is 0.797. The summed E-state index contributed by atoms with van der Waals surface area (Å²) in [5, 5.41) is 7.49. The lowest BCUT2D eigenvalue weighted by Gasteiger charge is -2.18. The molecule has 5 heteroatoms. The van der Waals surface area contributed by atoms with Crippen LogP contribution in [0.5, 0.6) is 0 Å². The first-order chi connectivity index (χ1) is 5.65. The summed E-state index contributed by atoms with van der Waals surface area (Å²) >= 11 is 0. The number of hydrazone groups is 1. The second-order valence-corrected chi connectivity index (χ2v) is 2.54. The molecule has 0 aromatic heterocycles. The Bertz CT molecular complexity index is 247. The normalized spacial score (nSPS) is 17.3. The second-order valence-electron chi connectivity index (χ2n) is 2.54. The molecule has 66 valence electrons. The number of nitrogens with one attached hydrogen (secondary N) is 1. The molecule has 1 aliphatic rings. The van der Waals surface area contributed by atoms with Gasteiger partial charge in [0, 0.05) is 26.9 Å². The molecule has 0 aromatic carbocycles. The summed E-state index contributed by atoms with van der Waals surface area (Å²) in [6, 6.07) is 0. The minimum atomic E-state index is -0.214. The third kappa shape index (κ3) is 1.61. The fraction of sp³-hybridized carbons (Fsp3) is 0.571. The molecule has 2 amide bonds. The van der Waals surface area contributed by atoms with Gasteiger partial charge in [0.15, 0.2) is 0 Å². The summed E-state index contributed by atoms with van der Waals surface area (Å²) in [4.78, 5) is 22.0. The van der Waals surface area contributed by atoms with Crippen LogP contribution in [0.25, 0.3) is 0 Å². The Morgan fingerprint density at radius 1 is 1.58 bits per heavy atom. The van der Waals surface area contributed by atoms with Crippen molar-refractivity contribution in [2.75, 3.05) is 14.1 Å². The lowest BCUT2D eigenvalue weighted by Crippen LogP contribution is -2.36. The van der Waals surface area contributed by atoms with E-state index in [-0.39, 0.29) is 11.8 Å². The van der Waals surface area contributed by atoms with Crippen LogP contribution in [0.1, 0.15) is 12.8 Å². The topological polar surface area (TPSA) is 61.8 Å². The zero-order chi connectivity index (χ0) is 9.14. The van der Waals surface area contributed by atoms with Gasteiger partial charge in [0.2, 0.25) is 5.91 Å². The van der Waals surface area contributed by atoms with E-state index >= 15 is 0 Å². The van der Waals surface area contributed by atoms with Crippen molar-refractivity contribution in [3.8, 4) is 0 Å². The molecular formula is C7H11N3O2. The molecule has 1 aliphatic heterocycles. The van der Waals surface area contributed by atoms with Gasteiger partial charge >= 0.3 is 0 Å². The van der Waals surface area contributed by atoms with Gasteiger partial charge in [0.05, 0.1) is 0 Å². The fourth-order valence-corrected chi connectivity index (χ4v) is 0.977. The molecule has 1 heterocycles. The van der Waals surface area contributed by atoms with E-state index in [4.69, 9.17) is 0 Å². The molecule has 0 bridgehead atoms. The predicted octanol–water partition coefficient (Wildman–Crippen LogP) is -0.659. The number of hydrogen-bond donors (Lipinski definition) is 1. The van der Waals surface area contributed by atoms with Gasteiger partial charge in [-0.25, -0.2) is 5.01 Å². The maximum atomic E-state index is 11.0. The minimum absolute atomic E-state index is 0.0531. The summed E-state index contributed by atoms with van der Waals surface area (Å²) in [6.45, 7) is 0. The van der Waals surface area contributed by atoms with Crippen LogP contribution in [-0.4, -0.2) is 36.6 Å². The SMILES string of the molecule is CNC(=O)C1=NN(C)C(=O)CC1. The number of amides is 2. The Morgan fingerprint density at radius 3 is 2.75 bits per heavy atom. The van der Waals surface area contributed by atoms with Gasteiger partial charge in [0.1, 0.15) is 5.71 Å². The Morgan fingerprint density at radius 2 is 2.25 bits per heavy atom. The van der Waals surface area contributed by atoms with Crippen LogP contribution in [0, 0.1) is 0 Å². The molecule has 0 fully saturated rings. The van der Waals surface area contributed by atoms with E-state index in [2.05, 4.69) is 10.4 Å². The standard InChI is InChI=1S/C7H11N3O2/c1-8-7(12)5-3-4-6(11)10(2)9-5/h3-4H2,1-2H3,(H,8,12). The van der Waals surface area contributed by atoms with Crippen LogP contribution in [-0.2, 0) is 9.59 Å². The number of carbonyl (C=O) groups is 2. The van der Waals surface area contributed by atoms with Crippen molar-refractivity contribution in [1.29, 1.82) is 0 Å². The fourth-order valence-electron chi connectivity index (χ4n) is 0.977. The van der Waals surface area contributed by atoms with Crippen molar-refractivity contribution in [1.82, 2.24) is 10.3 Å². The molecule has 1 rings (SSSR count). The molecule has 0 saturated heterocycles. The molecule has 0 aromatic rings. The Hall–Kier alpha value is -1.39. The van der Waals surface area contributed by atoms with Gasteiger partial charge in [-0.2, -0.15) is 5.10 Å². The van der Waals surface area contributed by atoms with Gasteiger partial charge in [-0.1, -0.05) is 0 Å². The predicted molar refractivity (Wildman–Crippen MR) is 43.5 cm³/mol. The smallest absolute Gasteiger partial charge is 0.267 e. The van der Waals surface area contributed by atoms with E-state index in [0.29, 0.717) is 18.6 Å². The third-order valence-electron chi connectivity index (χ3n) is 1.70. The lowest BCUT2D eigenvalue weighted by atomic mass is 10.1. The molecule has 1 N–H and O–H groups in total. The number of nitrogens with zero attached hydrogens (tertiary/aromatic N) is 2. The third-order valence-corrected chi connectivity index (χ3v) is 1.70. The number of hydrogen-bond acceptors (Lipinski definition) is 3. The van der Waals surface area contributed by atoms with Crippen LogP contribution >= 0.6 is 0 Å². The van der Waals surface area contributed by atoms with E-state index in [1.807, 2.05) is 0 Å². The molecule has 0 spiro atoms. The highest BCUT2D eigenvalue weighted by atomic mass is 16.2. The zero-order valence-corrected chi connectivity index (χ0v) is 7.13. The maximum absolute atomic E-state index is 11.0. The minimum Gasteiger partial charge on any atom is -0.354 e. The van der Waals surface area contributed by atoms with Crippen LogP contribution in [0.2, 0.25) is 0 Å². The molecule has 0 atom stereocenters. The molecule has 0 unspecified atom stereocenters. The molecule has 0 aliphatic carbocycles. The summed E-state index contributed by atoms with van der Waals surface area (Å²) < 4.78 is 0. The van der Waals surface area contributed by atoms with E-state index < -0.39 is 0 Å². The Kier molecular flexibility index (Phi) is 2.42. The Balaban J connectivity index is 2.74. The van der Waals surface area contributed by atoms with E-state index in [0.717, 1.165) is 0 Å². The highest BCUT2D eigenvalue weighted by Gasteiger charge is 2.20. The first-order valence-corrected chi connectivity index (χ1v) is 3.71. The summed E-state index contributed by atoms with van der Waals surface area (Å²) in [5.74, 6) is -0.267. The highest BCUT2D eigenvalue weighted by Crippen LogP contribution is 2.06. The van der Waals surface area contributed by atoms with Gasteiger partial charge in [-0.05, 0) is 0 Å². The van der Waals surface area contributed by atoms with Crippen molar-refractivity contribution < 1.29 is 9.59 Å². The lowest BCUT2D eigenvalue weighted by molar-refractivity contribution is -0.130. The Labute approximate surface area is 70.4 Å². The molecular weight excluding hydrogens is 158 g/mol. The van der Waals surface area contributed by atoms with Crippen molar-refractivity contribution in [2.45, 2.75) is 12.8 Å². The summed E-state index contributed by atoms with van der Waals surface area (Å²) in [7, 11) is 3.09. The number of rotatable bonds is 1. The van der Waals surface area contributed by atoms with Crippen molar-refractivity contribution in [2.24, 2.45) is 5.10 Å².